The summed E-state index contributed by atoms with van der Waals surface area (Å²) in [4.78, 5) is 30.3. The van der Waals surface area contributed by atoms with Crippen molar-refractivity contribution in [3.05, 3.63) is 69.1 Å². The van der Waals surface area contributed by atoms with Crippen molar-refractivity contribution in [2.24, 2.45) is 5.10 Å². The highest BCUT2D eigenvalue weighted by atomic mass is 79.9. The number of nitrogens with one attached hydrogen (secondary N) is 2. The number of hydrazone groups is 1. The number of fused-ring (bicyclic) bond motifs is 1. The molecule has 0 radical (unpaired) electrons. The van der Waals surface area contributed by atoms with E-state index >= 15 is 0 Å². The fourth-order valence-corrected chi connectivity index (χ4v) is 2.25. The zero-order valence-electron chi connectivity index (χ0n) is 11.8. The van der Waals surface area contributed by atoms with Gasteiger partial charge in [-0.15, -0.1) is 0 Å². The van der Waals surface area contributed by atoms with Crippen LogP contribution in [-0.4, -0.2) is 22.0 Å². The van der Waals surface area contributed by atoms with Gasteiger partial charge in [-0.05, 0) is 36.4 Å². The Hall–Kier alpha value is -2.80. The van der Waals surface area contributed by atoms with Gasteiger partial charge >= 0.3 is 0 Å². The van der Waals surface area contributed by atoms with Crippen LogP contribution in [0.2, 0.25) is 0 Å². The van der Waals surface area contributed by atoms with E-state index in [0.29, 0.717) is 23.0 Å². The quantitative estimate of drug-likeness (QED) is 0.419. The van der Waals surface area contributed by atoms with E-state index in [1.807, 2.05) is 12.1 Å². The maximum Gasteiger partial charge on any atom is 0.276 e. The Morgan fingerprint density at radius 3 is 2.65 bits per heavy atom. The molecule has 23 heavy (non-hydrogen) atoms. The van der Waals surface area contributed by atoms with Crippen molar-refractivity contribution in [1.29, 1.82) is 0 Å². The molecule has 6 nitrogen and oxygen atoms in total. The minimum atomic E-state index is -0.466. The van der Waals surface area contributed by atoms with Gasteiger partial charge in [0.15, 0.2) is 17.7 Å². The number of aldehydes is 1. The summed E-state index contributed by atoms with van der Waals surface area (Å²) in [6.07, 6.45) is 0.498. The lowest BCUT2D eigenvalue weighted by molar-refractivity contribution is -0.102. The Bertz CT molecular complexity index is 948. The van der Waals surface area contributed by atoms with Gasteiger partial charge in [0.2, 0.25) is 0 Å². The largest absolute Gasteiger partial charge is 0.319 e. The van der Waals surface area contributed by atoms with Crippen molar-refractivity contribution >= 4 is 44.6 Å². The predicted octanol–water partition coefficient (Wildman–Crippen LogP) is 2.70. The Labute approximate surface area is 139 Å². The molecule has 0 bridgehead atoms. The minimum absolute atomic E-state index is 0.0247. The third kappa shape index (κ3) is 3.35. The monoisotopic (exact) mass is 370 g/mol. The van der Waals surface area contributed by atoms with Gasteiger partial charge in [0.05, 0.1) is 16.7 Å². The van der Waals surface area contributed by atoms with Crippen LogP contribution in [0.25, 0.3) is 11.0 Å². The number of anilines is 1. The molecule has 0 saturated carbocycles. The van der Waals surface area contributed by atoms with Crippen molar-refractivity contribution < 1.29 is 4.79 Å². The van der Waals surface area contributed by atoms with Crippen LogP contribution in [0, 0.1) is 0 Å². The van der Waals surface area contributed by atoms with E-state index in [2.05, 4.69) is 36.4 Å². The van der Waals surface area contributed by atoms with Gasteiger partial charge in [0.25, 0.3) is 5.56 Å². The summed E-state index contributed by atoms with van der Waals surface area (Å²) in [5.41, 5.74) is 4.05. The second-order valence-corrected chi connectivity index (χ2v) is 5.58. The molecule has 2 N–H and O–H groups in total. The zero-order valence-corrected chi connectivity index (χ0v) is 13.4. The van der Waals surface area contributed by atoms with Crippen molar-refractivity contribution in [3.8, 4) is 0 Å². The van der Waals surface area contributed by atoms with Gasteiger partial charge in [-0.2, -0.15) is 5.10 Å². The number of aromatic amines is 1. The van der Waals surface area contributed by atoms with Crippen LogP contribution in [0.1, 0.15) is 5.69 Å². The summed E-state index contributed by atoms with van der Waals surface area (Å²) in [6, 6.07) is 14.3. The first-order chi connectivity index (χ1) is 11.2. The average Bonchev–Trinajstić information content (AvgIpc) is 2.57. The lowest BCUT2D eigenvalue weighted by atomic mass is 10.2. The second-order valence-electron chi connectivity index (χ2n) is 4.67. The Morgan fingerprint density at radius 1 is 1.17 bits per heavy atom. The maximum absolute atomic E-state index is 12.1. The minimum Gasteiger partial charge on any atom is -0.319 e. The number of rotatable bonds is 4. The topological polar surface area (TPSA) is 87.2 Å². The number of aromatic nitrogens is 2. The smallest absolute Gasteiger partial charge is 0.276 e. The summed E-state index contributed by atoms with van der Waals surface area (Å²) in [6.45, 7) is 0. The van der Waals surface area contributed by atoms with E-state index < -0.39 is 5.56 Å². The summed E-state index contributed by atoms with van der Waals surface area (Å²) in [5, 5.41) is 3.98. The van der Waals surface area contributed by atoms with E-state index in [0.717, 1.165) is 4.47 Å². The molecular formula is C16H11BrN4O2. The fraction of sp³-hybridized carbons (Fsp3) is 0. The number of H-pyrrole nitrogens is 1. The number of benzene rings is 2. The molecule has 0 atom stereocenters. The molecule has 0 aliphatic carbocycles. The standard InChI is InChI=1S/C16H11BrN4O2/c17-10-5-7-11(8-6-10)20-21-14(9-22)15-16(23)19-13-4-2-1-3-12(13)18-15/h1-9,20H,(H,19,23)/b21-14+. The van der Waals surface area contributed by atoms with Crippen LogP contribution in [0.15, 0.2) is 62.9 Å². The number of carbonyl (C=O) groups is 1. The van der Waals surface area contributed by atoms with E-state index in [1.165, 1.54) is 0 Å². The summed E-state index contributed by atoms with van der Waals surface area (Å²) in [5.74, 6) is 0. The number of nitrogens with zero attached hydrogens (tertiary/aromatic N) is 2. The lowest BCUT2D eigenvalue weighted by Gasteiger charge is -2.03. The van der Waals surface area contributed by atoms with Gasteiger partial charge in [-0.1, -0.05) is 28.1 Å². The number of hydrogen-bond donors (Lipinski definition) is 2. The second kappa shape index (κ2) is 6.53. The molecule has 0 saturated heterocycles. The van der Waals surface area contributed by atoms with Crippen molar-refractivity contribution in [2.45, 2.75) is 0 Å². The molecule has 1 heterocycles. The van der Waals surface area contributed by atoms with E-state index in [9.17, 15) is 9.59 Å². The third-order valence-electron chi connectivity index (χ3n) is 3.10. The highest BCUT2D eigenvalue weighted by Gasteiger charge is 2.11. The number of carbonyl (C=O) groups excluding carboxylic acids is 1. The lowest BCUT2D eigenvalue weighted by Crippen LogP contribution is -2.22. The molecule has 1 aromatic heterocycles. The fourth-order valence-electron chi connectivity index (χ4n) is 1.99. The molecule has 0 fully saturated rings. The average molecular weight is 371 g/mol. The molecule has 3 rings (SSSR count). The maximum atomic E-state index is 12.1. The zero-order chi connectivity index (χ0) is 16.2. The molecule has 0 aliphatic heterocycles. The molecule has 0 amide bonds. The van der Waals surface area contributed by atoms with E-state index in [4.69, 9.17) is 0 Å². The first-order valence-electron chi connectivity index (χ1n) is 6.71. The van der Waals surface area contributed by atoms with Crippen LogP contribution in [0.3, 0.4) is 0 Å². The summed E-state index contributed by atoms with van der Waals surface area (Å²) >= 11 is 3.33. The van der Waals surface area contributed by atoms with Gasteiger partial charge in [-0.25, -0.2) is 4.98 Å². The highest BCUT2D eigenvalue weighted by Crippen LogP contribution is 2.14. The third-order valence-corrected chi connectivity index (χ3v) is 3.63. The predicted molar refractivity (Wildman–Crippen MR) is 92.7 cm³/mol. The van der Waals surface area contributed by atoms with Crippen LogP contribution < -0.4 is 11.0 Å². The number of hydrogen-bond acceptors (Lipinski definition) is 5. The molecule has 2 aromatic carbocycles. The Balaban J connectivity index is 1.98. The SMILES string of the molecule is O=C/C(=N\Nc1ccc(Br)cc1)c1nc2ccccc2[nH]c1=O. The molecule has 0 unspecified atom stereocenters. The summed E-state index contributed by atoms with van der Waals surface area (Å²) in [7, 11) is 0. The molecule has 0 spiro atoms. The number of para-hydroxylation sites is 2. The highest BCUT2D eigenvalue weighted by molar-refractivity contribution is 9.10. The molecular weight excluding hydrogens is 360 g/mol. The van der Waals surface area contributed by atoms with Gasteiger partial charge in [0, 0.05) is 4.47 Å². The number of halogens is 1. The van der Waals surface area contributed by atoms with Crippen LogP contribution in [0.5, 0.6) is 0 Å². The Morgan fingerprint density at radius 2 is 1.91 bits per heavy atom. The van der Waals surface area contributed by atoms with Crippen LogP contribution >= 0.6 is 15.9 Å². The first kappa shape index (κ1) is 15.1. The van der Waals surface area contributed by atoms with Crippen molar-refractivity contribution in [1.82, 2.24) is 9.97 Å². The van der Waals surface area contributed by atoms with Gasteiger partial charge in [-0.3, -0.25) is 15.0 Å². The van der Waals surface area contributed by atoms with Gasteiger partial charge in [0.1, 0.15) is 0 Å². The molecule has 0 aliphatic rings. The van der Waals surface area contributed by atoms with Crippen molar-refractivity contribution in [2.75, 3.05) is 5.43 Å². The molecule has 114 valence electrons. The van der Waals surface area contributed by atoms with Crippen molar-refractivity contribution in [3.63, 3.8) is 0 Å². The van der Waals surface area contributed by atoms with E-state index in [-0.39, 0.29) is 11.4 Å². The van der Waals surface area contributed by atoms with Crippen LogP contribution in [0.4, 0.5) is 5.69 Å². The Kier molecular flexibility index (Phi) is 4.29. The molecule has 7 heteroatoms. The normalized spacial score (nSPS) is 11.4. The first-order valence-corrected chi connectivity index (χ1v) is 7.50. The summed E-state index contributed by atoms with van der Waals surface area (Å²) < 4.78 is 0.926. The van der Waals surface area contributed by atoms with Gasteiger partial charge < -0.3 is 4.98 Å². The molecule has 3 aromatic rings. The van der Waals surface area contributed by atoms with E-state index in [1.54, 1.807) is 36.4 Å². The van der Waals surface area contributed by atoms with Crippen LogP contribution in [-0.2, 0) is 4.79 Å².